The molecule has 35 heavy (non-hydrogen) atoms. The highest BCUT2D eigenvalue weighted by molar-refractivity contribution is 8.09. The Balaban J connectivity index is 4.79. The Morgan fingerprint density at radius 2 is 0.686 bits per heavy atom. The van der Waals surface area contributed by atoms with Gasteiger partial charge in [-0.15, -0.1) is 0 Å². The molecule has 0 saturated heterocycles. The summed E-state index contributed by atoms with van der Waals surface area (Å²) in [7, 11) is -6.63. The molecule has 0 nitrogen and oxygen atoms in total. The molecule has 0 aliphatic carbocycles. The minimum absolute atomic E-state index is 0.454. The third-order valence-electron chi connectivity index (χ3n) is 13.8. The maximum Gasteiger partial charge on any atom is 0.0419 e. The summed E-state index contributed by atoms with van der Waals surface area (Å²) in [6, 6.07) is 3.16. The quantitative estimate of drug-likeness (QED) is 0.228. The Morgan fingerprint density at radius 3 is 0.943 bits per heavy atom. The largest absolute Gasteiger partial charge is 0.0919 e. The first-order valence-corrected chi connectivity index (χ1v) is 36.0. The predicted molar refractivity (Wildman–Crippen MR) is 184 cm³/mol. The van der Waals surface area contributed by atoms with E-state index < -0.39 is 43.6 Å². The number of hydrogen-bond acceptors (Lipinski definition) is 0. The van der Waals surface area contributed by atoms with Crippen LogP contribution in [0, 0.1) is 0 Å². The monoisotopic (exact) mass is 584 g/mol. The zero-order valence-electron chi connectivity index (χ0n) is 28.3. The molecule has 0 spiro atoms. The topological polar surface area (TPSA) is 0 Å². The molecule has 1 rings (SSSR count). The lowest BCUT2D eigenvalue weighted by Crippen LogP contribution is -3.00. The van der Waals surface area contributed by atoms with Gasteiger partial charge < -0.3 is 0 Å². The van der Waals surface area contributed by atoms with Crippen LogP contribution in [0.3, 0.4) is 0 Å². The molecule has 0 fully saturated rings. The second-order valence-electron chi connectivity index (χ2n) is 18.5. The summed E-state index contributed by atoms with van der Waals surface area (Å²) in [4.78, 5) is 0. The van der Waals surface area contributed by atoms with Crippen molar-refractivity contribution < 1.29 is 0 Å². The average Bonchev–Trinajstić information content (AvgIpc) is 2.79. The van der Waals surface area contributed by atoms with Gasteiger partial charge in [0.15, 0.2) is 0 Å². The molecule has 0 N–H and O–H groups in total. The summed E-state index contributed by atoms with van der Waals surface area (Å²) >= 11 is 0. The van der Waals surface area contributed by atoms with Crippen molar-refractivity contribution in [2.75, 3.05) is 0 Å². The highest BCUT2D eigenvalue weighted by Gasteiger charge is 2.81. The van der Waals surface area contributed by atoms with E-state index in [2.05, 4.69) is 148 Å². The van der Waals surface area contributed by atoms with E-state index in [1.165, 1.54) is 12.5 Å². The van der Waals surface area contributed by atoms with E-state index in [-0.39, 0.29) is 0 Å². The molecule has 0 unspecified atom stereocenters. The third-order valence-corrected chi connectivity index (χ3v) is 153. The fourth-order valence-electron chi connectivity index (χ4n) is 8.46. The van der Waals surface area contributed by atoms with Crippen LogP contribution in [0.1, 0.15) is 89.5 Å². The van der Waals surface area contributed by atoms with E-state index >= 15 is 0 Å². The van der Waals surface area contributed by atoms with Crippen LogP contribution >= 0.6 is 0 Å². The molecule has 0 saturated carbocycles. The molecule has 6 heteroatoms. The molecule has 1 heterocycles. The van der Waals surface area contributed by atoms with E-state index in [0.29, 0.717) is 20.2 Å². The van der Waals surface area contributed by atoms with Crippen molar-refractivity contribution in [2.45, 2.75) is 174 Å². The highest BCUT2D eigenvalue weighted by atomic mass is 30.2. The van der Waals surface area contributed by atoms with Gasteiger partial charge in [-0.2, -0.15) is 0 Å². The lowest BCUT2D eigenvalue weighted by molar-refractivity contribution is 0.720. The molecular weight excluding hydrogens is 517 g/mol. The molecule has 0 atom stereocenters. The van der Waals surface area contributed by atoms with E-state index in [1.54, 1.807) is 6.04 Å². The molecule has 0 bridgehead atoms. The first-order chi connectivity index (χ1) is 15.0. The average molecular weight is 585 g/mol. The van der Waals surface area contributed by atoms with Gasteiger partial charge in [0.25, 0.3) is 0 Å². The van der Waals surface area contributed by atoms with Gasteiger partial charge in [0, 0.05) is 43.6 Å². The summed E-state index contributed by atoms with van der Waals surface area (Å²) in [6.07, 6.45) is 6.88. The standard InChI is InChI=1S/C29H68Si6/c1-26(2,3)30(13,14)34(31(15,16)27(4,5)6)24-22-21-23-25-35(34,32(17,18)28(7,8)9)33(19,20)29(10,11)12/h21-22H,23-25H2,1-20H3. The fourth-order valence-corrected chi connectivity index (χ4v) is 239. The van der Waals surface area contributed by atoms with E-state index in [0.717, 1.165) is 0 Å². The summed E-state index contributed by atoms with van der Waals surface area (Å²) in [5, 5.41) is 1.83. The molecule has 0 radical (unpaired) electrons. The Kier molecular flexibility index (Phi) is 9.06. The molecule has 0 aromatic heterocycles. The lowest BCUT2D eigenvalue weighted by Gasteiger charge is -2.77. The van der Waals surface area contributed by atoms with Crippen LogP contribution in [0.5, 0.6) is 0 Å². The predicted octanol–water partition coefficient (Wildman–Crippen LogP) is 11.3. The first-order valence-electron chi connectivity index (χ1n) is 14.6. The van der Waals surface area contributed by atoms with Crippen molar-refractivity contribution in [1.29, 1.82) is 0 Å². The van der Waals surface area contributed by atoms with Crippen LogP contribution in [0.25, 0.3) is 0 Å². The second kappa shape index (κ2) is 9.31. The summed E-state index contributed by atoms with van der Waals surface area (Å²) in [5.74, 6) is 0. The van der Waals surface area contributed by atoms with Crippen molar-refractivity contribution in [3.05, 3.63) is 12.2 Å². The van der Waals surface area contributed by atoms with Gasteiger partial charge in [-0.05, 0) is 32.6 Å². The van der Waals surface area contributed by atoms with Gasteiger partial charge in [-0.1, -0.05) is 154 Å². The molecular formula is C29H68Si6. The Labute approximate surface area is 228 Å². The minimum atomic E-state index is -1.78. The van der Waals surface area contributed by atoms with Gasteiger partial charge >= 0.3 is 0 Å². The Hall–Kier alpha value is 1.04. The molecule has 208 valence electrons. The lowest BCUT2D eigenvalue weighted by atomic mass is 10.2. The Morgan fingerprint density at radius 1 is 0.429 bits per heavy atom. The zero-order valence-corrected chi connectivity index (χ0v) is 34.3. The van der Waals surface area contributed by atoms with Crippen LogP contribution in [-0.2, 0) is 0 Å². The molecule has 1 aliphatic heterocycles. The van der Waals surface area contributed by atoms with Crippen molar-refractivity contribution >= 4 is 43.6 Å². The maximum atomic E-state index is 2.97. The van der Waals surface area contributed by atoms with Crippen molar-refractivity contribution in [1.82, 2.24) is 0 Å². The van der Waals surface area contributed by atoms with Crippen LogP contribution in [0.15, 0.2) is 12.2 Å². The number of rotatable bonds is 4. The van der Waals surface area contributed by atoms with Crippen LogP contribution < -0.4 is 0 Å². The fraction of sp³-hybridized carbons (Fsp3) is 0.931. The first kappa shape index (κ1) is 34.1. The summed E-state index contributed by atoms with van der Waals surface area (Å²) in [6.45, 7) is 52.4. The molecule has 0 aromatic carbocycles. The molecule has 0 amide bonds. The minimum Gasteiger partial charge on any atom is -0.0919 e. The SMILES string of the molecule is CC(C)(C)[Si](C)(C)[Si]1([Si](C)(C)C(C)(C)C)CC=CCC[Si]1([Si](C)(C)C(C)(C)C)[Si](C)(C)C(C)(C)C. The normalized spacial score (nSPS) is 21.1. The van der Waals surface area contributed by atoms with Crippen LogP contribution in [-0.4, -0.2) is 43.6 Å². The van der Waals surface area contributed by atoms with Crippen LogP contribution in [0.2, 0.25) is 84.6 Å². The van der Waals surface area contributed by atoms with E-state index in [9.17, 15) is 0 Å². The Bertz CT molecular complexity index is 737. The zero-order chi connectivity index (χ0) is 28.5. The smallest absolute Gasteiger partial charge is 0.0419 e. The van der Waals surface area contributed by atoms with Crippen LogP contribution in [0.4, 0.5) is 0 Å². The van der Waals surface area contributed by atoms with Gasteiger partial charge in [0.05, 0.1) is 0 Å². The van der Waals surface area contributed by atoms with Gasteiger partial charge in [-0.3, -0.25) is 0 Å². The van der Waals surface area contributed by atoms with Crippen molar-refractivity contribution in [2.24, 2.45) is 0 Å². The van der Waals surface area contributed by atoms with Crippen molar-refractivity contribution in [3.8, 4) is 0 Å². The molecule has 1 aliphatic rings. The highest BCUT2D eigenvalue weighted by Crippen LogP contribution is 2.65. The second-order valence-corrected chi connectivity index (χ2v) is 81.4. The summed E-state index contributed by atoms with van der Waals surface area (Å²) in [5.41, 5.74) is 0. The van der Waals surface area contributed by atoms with Crippen molar-refractivity contribution in [3.63, 3.8) is 0 Å². The van der Waals surface area contributed by atoms with E-state index in [1.807, 2.05) is 0 Å². The maximum absolute atomic E-state index is 2.97. The molecule has 0 aromatic rings. The third kappa shape index (κ3) is 4.52. The summed E-state index contributed by atoms with van der Waals surface area (Å²) < 4.78 is 0. The van der Waals surface area contributed by atoms with E-state index in [4.69, 9.17) is 0 Å². The van der Waals surface area contributed by atoms with Gasteiger partial charge in [0.2, 0.25) is 0 Å². The number of hydrogen-bond donors (Lipinski definition) is 0. The number of allylic oxidation sites excluding steroid dienone is 2. The van der Waals surface area contributed by atoms with Gasteiger partial charge in [-0.25, -0.2) is 0 Å². The van der Waals surface area contributed by atoms with Gasteiger partial charge in [0.1, 0.15) is 0 Å².